The van der Waals surface area contributed by atoms with E-state index in [2.05, 4.69) is 38.1 Å². The molecule has 0 amide bonds. The SMILES string of the molecule is CCCCCCCCOc1ccc(OCCCC2CCCCC2CCCCCCC)cc1. The molecule has 1 aromatic rings. The molecule has 0 bridgehead atoms. The van der Waals surface area contributed by atoms with E-state index >= 15 is 0 Å². The number of unbranched alkanes of at least 4 members (excludes halogenated alkanes) is 9. The second kappa shape index (κ2) is 18.3. The van der Waals surface area contributed by atoms with Crippen LogP contribution in [0.2, 0.25) is 0 Å². The fourth-order valence-electron chi connectivity index (χ4n) is 5.29. The maximum absolute atomic E-state index is 6.04. The van der Waals surface area contributed by atoms with Crippen molar-refractivity contribution >= 4 is 0 Å². The quantitative estimate of drug-likeness (QED) is 0.198. The van der Waals surface area contributed by atoms with Crippen molar-refractivity contribution < 1.29 is 9.47 Å². The van der Waals surface area contributed by atoms with E-state index in [1.54, 1.807) is 0 Å². The van der Waals surface area contributed by atoms with Gasteiger partial charge in [-0.2, -0.15) is 0 Å². The molecule has 0 saturated heterocycles. The molecule has 1 aromatic carbocycles. The first-order chi connectivity index (χ1) is 15.8. The van der Waals surface area contributed by atoms with E-state index in [1.807, 2.05) is 0 Å². The summed E-state index contributed by atoms with van der Waals surface area (Å²) in [7, 11) is 0. The molecule has 1 aliphatic carbocycles. The van der Waals surface area contributed by atoms with Crippen LogP contribution >= 0.6 is 0 Å². The standard InChI is InChI=1S/C30H52O2/c1-3-5-7-9-11-15-25-31-29-21-23-30(24-22-29)32-26-16-20-28-19-14-13-18-27(28)17-12-10-8-6-4-2/h21-24,27-28H,3-20,25-26H2,1-2H3. The lowest BCUT2D eigenvalue weighted by Crippen LogP contribution is -2.20. The average molecular weight is 445 g/mol. The average Bonchev–Trinajstić information content (AvgIpc) is 2.83. The molecule has 1 aliphatic rings. The molecule has 184 valence electrons. The van der Waals surface area contributed by atoms with Gasteiger partial charge >= 0.3 is 0 Å². The number of hydrogen-bond donors (Lipinski definition) is 0. The molecule has 0 N–H and O–H groups in total. The van der Waals surface area contributed by atoms with Crippen LogP contribution in [0.1, 0.15) is 129 Å². The van der Waals surface area contributed by atoms with Gasteiger partial charge in [0.2, 0.25) is 0 Å². The van der Waals surface area contributed by atoms with Crippen molar-refractivity contribution in [1.82, 2.24) is 0 Å². The van der Waals surface area contributed by atoms with E-state index < -0.39 is 0 Å². The van der Waals surface area contributed by atoms with Crippen LogP contribution in [-0.4, -0.2) is 13.2 Å². The summed E-state index contributed by atoms with van der Waals surface area (Å²) in [6, 6.07) is 8.25. The second-order valence-corrected chi connectivity index (χ2v) is 10.1. The van der Waals surface area contributed by atoms with E-state index in [4.69, 9.17) is 9.47 Å². The highest BCUT2D eigenvalue weighted by Gasteiger charge is 2.24. The van der Waals surface area contributed by atoms with Crippen LogP contribution in [0.15, 0.2) is 24.3 Å². The Morgan fingerprint density at radius 2 is 1.00 bits per heavy atom. The van der Waals surface area contributed by atoms with Crippen molar-refractivity contribution in [2.45, 2.75) is 129 Å². The Bertz CT molecular complexity index is 538. The van der Waals surface area contributed by atoms with Crippen molar-refractivity contribution in [2.75, 3.05) is 13.2 Å². The predicted molar refractivity (Wildman–Crippen MR) is 139 cm³/mol. The summed E-state index contributed by atoms with van der Waals surface area (Å²) in [4.78, 5) is 0. The molecule has 32 heavy (non-hydrogen) atoms. The smallest absolute Gasteiger partial charge is 0.119 e. The molecule has 2 heteroatoms. The zero-order valence-corrected chi connectivity index (χ0v) is 21.4. The third-order valence-electron chi connectivity index (χ3n) is 7.32. The summed E-state index contributed by atoms with van der Waals surface area (Å²) in [6.07, 6.45) is 24.7. The number of benzene rings is 1. The van der Waals surface area contributed by atoms with E-state index in [0.29, 0.717) is 0 Å². The van der Waals surface area contributed by atoms with Crippen LogP contribution in [0.5, 0.6) is 11.5 Å². The van der Waals surface area contributed by atoms with Gasteiger partial charge < -0.3 is 9.47 Å². The lowest BCUT2D eigenvalue weighted by molar-refractivity contribution is 0.190. The second-order valence-electron chi connectivity index (χ2n) is 10.1. The molecule has 0 aromatic heterocycles. The van der Waals surface area contributed by atoms with Crippen molar-refractivity contribution in [3.8, 4) is 11.5 Å². The number of ether oxygens (including phenoxy) is 2. The largest absolute Gasteiger partial charge is 0.494 e. The lowest BCUT2D eigenvalue weighted by Gasteiger charge is -2.31. The maximum atomic E-state index is 6.04. The minimum Gasteiger partial charge on any atom is -0.494 e. The fraction of sp³-hybridized carbons (Fsp3) is 0.800. The van der Waals surface area contributed by atoms with Gasteiger partial charge in [-0.3, -0.25) is 0 Å². The van der Waals surface area contributed by atoms with Crippen LogP contribution in [0.25, 0.3) is 0 Å². The predicted octanol–water partition coefficient (Wildman–Crippen LogP) is 9.75. The molecule has 0 radical (unpaired) electrons. The Balaban J connectivity index is 1.55. The van der Waals surface area contributed by atoms with Crippen LogP contribution in [0.4, 0.5) is 0 Å². The molecule has 0 spiro atoms. The molecular weight excluding hydrogens is 392 g/mol. The highest BCUT2D eigenvalue weighted by atomic mass is 16.5. The molecular formula is C30H52O2. The van der Waals surface area contributed by atoms with Crippen molar-refractivity contribution in [3.05, 3.63) is 24.3 Å². The van der Waals surface area contributed by atoms with Crippen LogP contribution in [0, 0.1) is 11.8 Å². The van der Waals surface area contributed by atoms with Gasteiger partial charge in [0, 0.05) is 0 Å². The van der Waals surface area contributed by atoms with Crippen LogP contribution in [-0.2, 0) is 0 Å². The molecule has 2 rings (SSSR count). The third kappa shape index (κ3) is 12.2. The van der Waals surface area contributed by atoms with Gasteiger partial charge in [0.15, 0.2) is 0 Å². The minimum atomic E-state index is 0.827. The van der Waals surface area contributed by atoms with Crippen molar-refractivity contribution in [3.63, 3.8) is 0 Å². The first-order valence-electron chi connectivity index (χ1n) is 14.2. The van der Waals surface area contributed by atoms with Crippen molar-refractivity contribution in [1.29, 1.82) is 0 Å². The van der Waals surface area contributed by atoms with E-state index in [1.165, 1.54) is 109 Å². The van der Waals surface area contributed by atoms with Gasteiger partial charge in [-0.1, -0.05) is 110 Å². The highest BCUT2D eigenvalue weighted by Crippen LogP contribution is 2.36. The zero-order valence-electron chi connectivity index (χ0n) is 21.4. The van der Waals surface area contributed by atoms with Crippen LogP contribution < -0.4 is 9.47 Å². The summed E-state index contributed by atoms with van der Waals surface area (Å²) < 4.78 is 11.9. The molecule has 2 atom stereocenters. The van der Waals surface area contributed by atoms with E-state index in [-0.39, 0.29) is 0 Å². The molecule has 0 aliphatic heterocycles. The van der Waals surface area contributed by atoms with Gasteiger partial charge in [-0.25, -0.2) is 0 Å². The Hall–Kier alpha value is -1.18. The minimum absolute atomic E-state index is 0.827. The molecule has 2 unspecified atom stereocenters. The summed E-state index contributed by atoms with van der Waals surface area (Å²) in [5.74, 6) is 3.87. The topological polar surface area (TPSA) is 18.5 Å². The Labute approximate surface area is 199 Å². The first-order valence-corrected chi connectivity index (χ1v) is 14.2. The van der Waals surface area contributed by atoms with Crippen molar-refractivity contribution in [2.24, 2.45) is 11.8 Å². The Morgan fingerprint density at radius 3 is 1.56 bits per heavy atom. The van der Waals surface area contributed by atoms with Gasteiger partial charge in [-0.05, 0) is 55.4 Å². The Kier molecular flexibility index (Phi) is 15.5. The Morgan fingerprint density at radius 1 is 0.562 bits per heavy atom. The lowest BCUT2D eigenvalue weighted by atomic mass is 9.74. The highest BCUT2D eigenvalue weighted by molar-refractivity contribution is 5.31. The summed E-state index contributed by atoms with van der Waals surface area (Å²) in [5, 5.41) is 0. The van der Waals surface area contributed by atoms with E-state index in [0.717, 1.165) is 43.0 Å². The molecule has 1 fully saturated rings. The van der Waals surface area contributed by atoms with Gasteiger partial charge in [0.05, 0.1) is 13.2 Å². The third-order valence-corrected chi connectivity index (χ3v) is 7.32. The fourth-order valence-corrected chi connectivity index (χ4v) is 5.29. The van der Waals surface area contributed by atoms with E-state index in [9.17, 15) is 0 Å². The summed E-state index contributed by atoms with van der Waals surface area (Å²) >= 11 is 0. The molecule has 2 nitrogen and oxygen atoms in total. The monoisotopic (exact) mass is 444 g/mol. The maximum Gasteiger partial charge on any atom is 0.119 e. The van der Waals surface area contributed by atoms with Gasteiger partial charge in [-0.15, -0.1) is 0 Å². The number of hydrogen-bond acceptors (Lipinski definition) is 2. The molecule has 1 saturated carbocycles. The summed E-state index contributed by atoms with van der Waals surface area (Å²) in [5.41, 5.74) is 0. The zero-order chi connectivity index (χ0) is 22.7. The van der Waals surface area contributed by atoms with Gasteiger partial charge in [0.25, 0.3) is 0 Å². The van der Waals surface area contributed by atoms with Gasteiger partial charge in [0.1, 0.15) is 11.5 Å². The normalized spacial score (nSPS) is 18.6. The molecule has 0 heterocycles. The number of rotatable bonds is 19. The van der Waals surface area contributed by atoms with Crippen LogP contribution in [0.3, 0.4) is 0 Å². The summed E-state index contributed by atoms with van der Waals surface area (Å²) in [6.45, 7) is 6.24. The first kappa shape index (κ1) is 27.1.